The molecule has 0 amide bonds. The summed E-state index contributed by atoms with van der Waals surface area (Å²) in [7, 11) is 0. The number of Topliss-reactive ketones (excluding diaryl/α,β-unsaturated/α-hetero) is 1. The standard InChI is InChI=1S/C11H14N2O/c1-3-4-5-9-6-10(12)11(8(2)14)13-7-9/h3,6-7H,1,4-5,12H2,2H3. The van der Waals surface area contributed by atoms with Gasteiger partial charge in [-0.1, -0.05) is 6.08 Å². The van der Waals surface area contributed by atoms with E-state index in [1.807, 2.05) is 6.08 Å². The Morgan fingerprint density at radius 1 is 1.71 bits per heavy atom. The number of ketones is 1. The first-order valence-electron chi connectivity index (χ1n) is 4.51. The van der Waals surface area contributed by atoms with Crippen LogP contribution in [-0.2, 0) is 6.42 Å². The van der Waals surface area contributed by atoms with Crippen LogP contribution in [0.3, 0.4) is 0 Å². The molecule has 0 aromatic carbocycles. The smallest absolute Gasteiger partial charge is 0.180 e. The summed E-state index contributed by atoms with van der Waals surface area (Å²) in [4.78, 5) is 15.1. The first-order valence-corrected chi connectivity index (χ1v) is 4.51. The lowest BCUT2D eigenvalue weighted by Gasteiger charge is -2.03. The topological polar surface area (TPSA) is 56.0 Å². The molecule has 0 saturated heterocycles. The maximum absolute atomic E-state index is 11.0. The molecular formula is C11H14N2O. The number of carbonyl (C=O) groups excluding carboxylic acids is 1. The van der Waals surface area contributed by atoms with Crippen LogP contribution in [0, 0.1) is 0 Å². The molecule has 0 radical (unpaired) electrons. The number of pyridine rings is 1. The molecule has 1 aromatic rings. The van der Waals surface area contributed by atoms with Crippen molar-refractivity contribution in [1.29, 1.82) is 0 Å². The van der Waals surface area contributed by atoms with E-state index in [1.165, 1.54) is 6.92 Å². The number of nitrogens with two attached hydrogens (primary N) is 1. The summed E-state index contributed by atoms with van der Waals surface area (Å²) in [5, 5.41) is 0. The fraction of sp³-hybridized carbons (Fsp3) is 0.273. The number of hydrogen-bond acceptors (Lipinski definition) is 3. The predicted molar refractivity (Wildman–Crippen MR) is 57.2 cm³/mol. The first kappa shape index (κ1) is 10.4. The molecule has 0 bridgehead atoms. The second-order valence-electron chi connectivity index (χ2n) is 3.16. The summed E-state index contributed by atoms with van der Waals surface area (Å²) in [6, 6.07) is 1.80. The van der Waals surface area contributed by atoms with E-state index in [2.05, 4.69) is 11.6 Å². The van der Waals surface area contributed by atoms with E-state index in [1.54, 1.807) is 12.3 Å². The minimum absolute atomic E-state index is 0.0993. The molecule has 0 aliphatic carbocycles. The van der Waals surface area contributed by atoms with Gasteiger partial charge in [-0.05, 0) is 24.5 Å². The molecule has 0 saturated carbocycles. The summed E-state index contributed by atoms with van der Waals surface area (Å²) in [6.07, 6.45) is 5.28. The molecular weight excluding hydrogens is 176 g/mol. The largest absolute Gasteiger partial charge is 0.397 e. The predicted octanol–water partition coefficient (Wildman–Crippen LogP) is 1.98. The highest BCUT2D eigenvalue weighted by Crippen LogP contribution is 2.12. The molecule has 74 valence electrons. The van der Waals surface area contributed by atoms with Crippen LogP contribution >= 0.6 is 0 Å². The Morgan fingerprint density at radius 3 is 2.93 bits per heavy atom. The van der Waals surface area contributed by atoms with E-state index in [9.17, 15) is 4.79 Å². The highest BCUT2D eigenvalue weighted by molar-refractivity contribution is 5.96. The van der Waals surface area contributed by atoms with Crippen LogP contribution in [0.1, 0.15) is 29.4 Å². The van der Waals surface area contributed by atoms with Gasteiger partial charge in [-0.3, -0.25) is 9.78 Å². The van der Waals surface area contributed by atoms with E-state index in [0.717, 1.165) is 18.4 Å². The number of nitrogens with zero attached hydrogens (tertiary/aromatic N) is 1. The monoisotopic (exact) mass is 190 g/mol. The quantitative estimate of drug-likeness (QED) is 0.583. The highest BCUT2D eigenvalue weighted by Gasteiger charge is 2.06. The third-order valence-electron chi connectivity index (χ3n) is 1.94. The van der Waals surface area contributed by atoms with Crippen molar-refractivity contribution in [2.75, 3.05) is 5.73 Å². The third kappa shape index (κ3) is 2.42. The van der Waals surface area contributed by atoms with Crippen molar-refractivity contribution in [2.24, 2.45) is 0 Å². The van der Waals surface area contributed by atoms with Crippen molar-refractivity contribution >= 4 is 11.5 Å². The van der Waals surface area contributed by atoms with Gasteiger partial charge >= 0.3 is 0 Å². The molecule has 1 heterocycles. The molecule has 14 heavy (non-hydrogen) atoms. The van der Waals surface area contributed by atoms with E-state index in [-0.39, 0.29) is 5.78 Å². The van der Waals surface area contributed by atoms with Crippen LogP contribution in [0.25, 0.3) is 0 Å². The fourth-order valence-electron chi connectivity index (χ4n) is 1.23. The number of aromatic nitrogens is 1. The van der Waals surface area contributed by atoms with Crippen molar-refractivity contribution in [2.45, 2.75) is 19.8 Å². The molecule has 1 rings (SSSR count). The van der Waals surface area contributed by atoms with E-state index >= 15 is 0 Å². The van der Waals surface area contributed by atoms with Gasteiger partial charge in [0, 0.05) is 13.1 Å². The average molecular weight is 190 g/mol. The molecule has 0 unspecified atom stereocenters. The van der Waals surface area contributed by atoms with Crippen molar-refractivity contribution < 1.29 is 4.79 Å². The molecule has 3 heteroatoms. The number of aryl methyl sites for hydroxylation is 1. The lowest BCUT2D eigenvalue weighted by Crippen LogP contribution is -2.04. The Kier molecular flexibility index (Phi) is 3.40. The number of anilines is 1. The van der Waals surface area contributed by atoms with Crippen LogP contribution in [0.4, 0.5) is 5.69 Å². The Morgan fingerprint density at radius 2 is 2.43 bits per heavy atom. The molecule has 0 aliphatic rings. The summed E-state index contributed by atoms with van der Waals surface area (Å²) in [5.74, 6) is -0.0993. The zero-order valence-electron chi connectivity index (χ0n) is 8.29. The molecule has 0 atom stereocenters. The van der Waals surface area contributed by atoms with E-state index < -0.39 is 0 Å². The second kappa shape index (κ2) is 4.56. The van der Waals surface area contributed by atoms with Gasteiger partial charge in [-0.2, -0.15) is 0 Å². The Hall–Kier alpha value is -1.64. The zero-order chi connectivity index (χ0) is 10.6. The molecule has 0 aliphatic heterocycles. The van der Waals surface area contributed by atoms with Crippen LogP contribution < -0.4 is 5.73 Å². The van der Waals surface area contributed by atoms with Gasteiger partial charge in [-0.25, -0.2) is 0 Å². The molecule has 1 aromatic heterocycles. The molecule has 0 fully saturated rings. The number of rotatable bonds is 4. The zero-order valence-corrected chi connectivity index (χ0v) is 8.29. The van der Waals surface area contributed by atoms with Gasteiger partial charge < -0.3 is 5.73 Å². The van der Waals surface area contributed by atoms with E-state index in [0.29, 0.717) is 11.4 Å². The lowest BCUT2D eigenvalue weighted by atomic mass is 10.1. The summed E-state index contributed by atoms with van der Waals surface area (Å²) >= 11 is 0. The Labute approximate surface area is 83.7 Å². The van der Waals surface area contributed by atoms with Gasteiger partial charge in [0.15, 0.2) is 5.78 Å². The highest BCUT2D eigenvalue weighted by atomic mass is 16.1. The normalized spacial score (nSPS) is 9.79. The van der Waals surface area contributed by atoms with Crippen LogP contribution in [-0.4, -0.2) is 10.8 Å². The van der Waals surface area contributed by atoms with Crippen LogP contribution in [0.15, 0.2) is 24.9 Å². The fourth-order valence-corrected chi connectivity index (χ4v) is 1.23. The first-order chi connectivity index (χ1) is 6.65. The van der Waals surface area contributed by atoms with Gasteiger partial charge in [0.2, 0.25) is 0 Å². The SMILES string of the molecule is C=CCCc1cnc(C(C)=O)c(N)c1. The van der Waals surface area contributed by atoms with Gasteiger partial charge in [0.05, 0.1) is 5.69 Å². The maximum atomic E-state index is 11.0. The average Bonchev–Trinajstić information content (AvgIpc) is 2.14. The van der Waals surface area contributed by atoms with Crippen LogP contribution in [0.5, 0.6) is 0 Å². The minimum atomic E-state index is -0.0993. The third-order valence-corrected chi connectivity index (χ3v) is 1.94. The van der Waals surface area contributed by atoms with Crippen LogP contribution in [0.2, 0.25) is 0 Å². The number of hydrogen-bond donors (Lipinski definition) is 1. The van der Waals surface area contributed by atoms with Gasteiger partial charge in [0.25, 0.3) is 0 Å². The maximum Gasteiger partial charge on any atom is 0.180 e. The lowest BCUT2D eigenvalue weighted by molar-refractivity contribution is 0.101. The van der Waals surface area contributed by atoms with Crippen molar-refractivity contribution in [1.82, 2.24) is 4.98 Å². The van der Waals surface area contributed by atoms with Gasteiger partial charge in [0.1, 0.15) is 5.69 Å². The summed E-state index contributed by atoms with van der Waals surface area (Å²) in [6.45, 7) is 5.10. The van der Waals surface area contributed by atoms with Crippen molar-refractivity contribution in [3.05, 3.63) is 36.2 Å². The summed E-state index contributed by atoms with van der Waals surface area (Å²) < 4.78 is 0. The van der Waals surface area contributed by atoms with Crippen molar-refractivity contribution in [3.63, 3.8) is 0 Å². The number of nitrogen functional groups attached to an aromatic ring is 1. The van der Waals surface area contributed by atoms with Gasteiger partial charge in [-0.15, -0.1) is 6.58 Å². The van der Waals surface area contributed by atoms with E-state index in [4.69, 9.17) is 5.73 Å². The van der Waals surface area contributed by atoms with Crippen molar-refractivity contribution in [3.8, 4) is 0 Å². The molecule has 0 spiro atoms. The Bertz CT molecular complexity index is 358. The molecule has 3 nitrogen and oxygen atoms in total. The Balaban J connectivity index is 2.88. The minimum Gasteiger partial charge on any atom is -0.397 e. The molecule has 2 N–H and O–H groups in total. The number of carbonyl (C=O) groups is 1. The second-order valence-corrected chi connectivity index (χ2v) is 3.16. The number of allylic oxidation sites excluding steroid dienone is 1. The summed E-state index contributed by atoms with van der Waals surface area (Å²) in [5.41, 5.74) is 7.53.